The van der Waals surface area contributed by atoms with Gasteiger partial charge >= 0.3 is 5.97 Å². The maximum absolute atomic E-state index is 11.4. The fraction of sp³-hybridized carbons (Fsp3) is 0.538. The number of carbonyl (C=O) groups is 1. The van der Waals surface area contributed by atoms with Crippen LogP contribution in [0.1, 0.15) is 16.8 Å². The molecule has 0 bridgehead atoms. The van der Waals surface area contributed by atoms with Gasteiger partial charge in [0.25, 0.3) is 0 Å². The zero-order valence-corrected chi connectivity index (χ0v) is 11.8. The lowest BCUT2D eigenvalue weighted by atomic mass is 10.2. The minimum absolute atomic E-state index is 0.180. The summed E-state index contributed by atoms with van der Waals surface area (Å²) in [7, 11) is 2.91. The van der Waals surface area contributed by atoms with E-state index in [2.05, 4.69) is 9.72 Å². The van der Waals surface area contributed by atoms with Gasteiger partial charge in [-0.2, -0.15) is 0 Å². The molecule has 1 heterocycles. The summed E-state index contributed by atoms with van der Waals surface area (Å²) in [6.45, 7) is 2.07. The van der Waals surface area contributed by atoms with Crippen molar-refractivity contribution in [1.29, 1.82) is 0 Å². The highest BCUT2D eigenvalue weighted by Crippen LogP contribution is 2.22. The summed E-state index contributed by atoms with van der Waals surface area (Å²) in [6, 6.07) is 1.49. The second-order valence-corrected chi connectivity index (χ2v) is 3.88. The summed E-state index contributed by atoms with van der Waals surface area (Å²) in [6.07, 6.45) is 2.14. The molecular weight excluding hydrogens is 264 g/mol. The van der Waals surface area contributed by atoms with Gasteiger partial charge < -0.3 is 24.7 Å². The van der Waals surface area contributed by atoms with Crippen LogP contribution in [0.2, 0.25) is 0 Å². The van der Waals surface area contributed by atoms with Crippen LogP contribution in [0.25, 0.3) is 0 Å². The summed E-state index contributed by atoms with van der Waals surface area (Å²) in [5.41, 5.74) is 6.23. The molecule has 0 saturated heterocycles. The lowest BCUT2D eigenvalue weighted by Gasteiger charge is -2.10. The van der Waals surface area contributed by atoms with Crippen molar-refractivity contribution in [2.24, 2.45) is 0 Å². The van der Waals surface area contributed by atoms with Crippen LogP contribution in [0.3, 0.4) is 0 Å². The van der Waals surface area contributed by atoms with Crippen molar-refractivity contribution in [2.45, 2.75) is 6.42 Å². The molecule has 0 fully saturated rings. The number of nitrogens with two attached hydrogens (primary N) is 1. The van der Waals surface area contributed by atoms with Gasteiger partial charge in [-0.15, -0.1) is 0 Å². The second kappa shape index (κ2) is 9.11. The lowest BCUT2D eigenvalue weighted by Crippen LogP contribution is -2.11. The number of hydrogen-bond donors (Lipinski definition) is 1. The number of nitrogens with zero attached hydrogens (tertiary/aromatic N) is 1. The Bertz CT molecular complexity index is 425. The van der Waals surface area contributed by atoms with Crippen molar-refractivity contribution in [2.75, 3.05) is 46.4 Å². The smallest absolute Gasteiger partial charge is 0.340 e. The highest BCUT2D eigenvalue weighted by molar-refractivity contribution is 5.95. The summed E-state index contributed by atoms with van der Waals surface area (Å²) in [5.74, 6) is -0.289. The maximum atomic E-state index is 11.4. The summed E-state index contributed by atoms with van der Waals surface area (Å²) in [5, 5.41) is 0. The van der Waals surface area contributed by atoms with E-state index in [1.54, 1.807) is 7.11 Å². The number of anilines is 1. The molecule has 0 aromatic carbocycles. The number of hydrogen-bond acceptors (Lipinski definition) is 7. The second-order valence-electron chi connectivity index (χ2n) is 3.88. The van der Waals surface area contributed by atoms with E-state index in [1.165, 1.54) is 19.4 Å². The van der Waals surface area contributed by atoms with Crippen LogP contribution in [-0.2, 0) is 14.2 Å². The number of carbonyl (C=O) groups excluding carboxylic acids is 1. The zero-order valence-electron chi connectivity index (χ0n) is 11.8. The van der Waals surface area contributed by atoms with E-state index in [0.29, 0.717) is 32.8 Å². The summed E-state index contributed by atoms with van der Waals surface area (Å²) < 4.78 is 20.2. The largest absolute Gasteiger partial charge is 0.476 e. The Labute approximate surface area is 118 Å². The average molecular weight is 284 g/mol. The monoisotopic (exact) mass is 284 g/mol. The van der Waals surface area contributed by atoms with Crippen molar-refractivity contribution in [3.8, 4) is 5.88 Å². The molecule has 1 rings (SSSR count). The molecule has 0 spiro atoms. The van der Waals surface area contributed by atoms with Crippen LogP contribution < -0.4 is 10.5 Å². The van der Waals surface area contributed by atoms with Crippen LogP contribution in [0, 0.1) is 0 Å². The van der Waals surface area contributed by atoms with Gasteiger partial charge in [-0.05, 0) is 6.07 Å². The first-order valence-electron chi connectivity index (χ1n) is 6.23. The predicted molar refractivity (Wildman–Crippen MR) is 72.8 cm³/mol. The quantitative estimate of drug-likeness (QED) is 0.531. The third-order valence-electron chi connectivity index (χ3n) is 2.46. The van der Waals surface area contributed by atoms with Gasteiger partial charge in [0.1, 0.15) is 5.69 Å². The van der Waals surface area contributed by atoms with E-state index in [1.807, 2.05) is 0 Å². The first-order valence-corrected chi connectivity index (χ1v) is 6.23. The average Bonchev–Trinajstić information content (AvgIpc) is 2.47. The molecule has 0 saturated carbocycles. The van der Waals surface area contributed by atoms with E-state index in [9.17, 15) is 4.79 Å². The standard InChI is InChI=1S/C13H20N2O5/c1-17-8-9-19-6-3-7-20-12-11(14)10(4-5-15-12)13(16)18-2/h4-5H,3,6-9,14H2,1-2H3. The molecule has 0 aliphatic carbocycles. The Morgan fingerprint density at radius 3 is 2.75 bits per heavy atom. The van der Waals surface area contributed by atoms with Crippen LogP contribution in [0.15, 0.2) is 12.3 Å². The number of rotatable bonds is 9. The maximum Gasteiger partial charge on any atom is 0.340 e. The van der Waals surface area contributed by atoms with E-state index >= 15 is 0 Å². The van der Waals surface area contributed by atoms with E-state index in [0.717, 1.165) is 0 Å². The lowest BCUT2D eigenvalue weighted by molar-refractivity contribution is 0.0600. The van der Waals surface area contributed by atoms with E-state index in [4.69, 9.17) is 19.9 Å². The topological polar surface area (TPSA) is 92.9 Å². The van der Waals surface area contributed by atoms with Gasteiger partial charge in [-0.1, -0.05) is 0 Å². The van der Waals surface area contributed by atoms with Crippen molar-refractivity contribution < 1.29 is 23.7 Å². The Morgan fingerprint density at radius 2 is 2.05 bits per heavy atom. The molecule has 0 radical (unpaired) electrons. The van der Waals surface area contributed by atoms with Crippen LogP contribution >= 0.6 is 0 Å². The Balaban J connectivity index is 2.39. The number of methoxy groups -OCH3 is 2. The number of esters is 1. The van der Waals surface area contributed by atoms with E-state index in [-0.39, 0.29) is 17.1 Å². The molecule has 7 nitrogen and oxygen atoms in total. The molecule has 20 heavy (non-hydrogen) atoms. The van der Waals surface area contributed by atoms with Crippen LogP contribution in [-0.4, -0.2) is 51.6 Å². The fourth-order valence-electron chi connectivity index (χ4n) is 1.43. The van der Waals surface area contributed by atoms with Gasteiger partial charge in [0.15, 0.2) is 0 Å². The Morgan fingerprint density at radius 1 is 1.25 bits per heavy atom. The first kappa shape index (κ1) is 16.2. The molecule has 0 aliphatic heterocycles. The van der Waals surface area contributed by atoms with Gasteiger partial charge in [-0.25, -0.2) is 9.78 Å². The summed E-state index contributed by atoms with van der Waals surface area (Å²) >= 11 is 0. The van der Waals surface area contributed by atoms with Gasteiger partial charge in [-0.3, -0.25) is 0 Å². The molecule has 1 aromatic rings. The normalized spacial score (nSPS) is 10.3. The number of nitrogen functional groups attached to an aromatic ring is 1. The first-order chi connectivity index (χ1) is 9.70. The SMILES string of the molecule is COCCOCCCOc1nccc(C(=O)OC)c1N. The fourth-order valence-corrected chi connectivity index (χ4v) is 1.43. The predicted octanol–water partition coefficient (Wildman–Crippen LogP) is 0.882. The van der Waals surface area contributed by atoms with E-state index < -0.39 is 5.97 Å². The highest BCUT2D eigenvalue weighted by Gasteiger charge is 2.14. The molecule has 0 unspecified atom stereocenters. The number of pyridine rings is 1. The minimum atomic E-state index is -0.516. The zero-order chi connectivity index (χ0) is 14.8. The molecule has 1 aromatic heterocycles. The molecule has 0 amide bonds. The molecule has 112 valence electrons. The molecule has 0 aliphatic rings. The Kier molecular flexibility index (Phi) is 7.38. The highest BCUT2D eigenvalue weighted by atomic mass is 16.5. The van der Waals surface area contributed by atoms with Crippen LogP contribution in [0.5, 0.6) is 5.88 Å². The number of aromatic nitrogens is 1. The van der Waals surface area contributed by atoms with Crippen molar-refractivity contribution in [3.05, 3.63) is 17.8 Å². The van der Waals surface area contributed by atoms with Gasteiger partial charge in [0.2, 0.25) is 5.88 Å². The third kappa shape index (κ3) is 5.02. The Hall–Kier alpha value is -1.86. The van der Waals surface area contributed by atoms with Crippen LogP contribution in [0.4, 0.5) is 5.69 Å². The third-order valence-corrected chi connectivity index (χ3v) is 2.46. The summed E-state index contributed by atoms with van der Waals surface area (Å²) in [4.78, 5) is 15.4. The molecule has 2 N–H and O–H groups in total. The molecular formula is C13H20N2O5. The molecule has 0 atom stereocenters. The van der Waals surface area contributed by atoms with Crippen molar-refractivity contribution in [3.63, 3.8) is 0 Å². The minimum Gasteiger partial charge on any atom is -0.476 e. The van der Waals surface area contributed by atoms with Gasteiger partial charge in [0.05, 0.1) is 32.5 Å². The van der Waals surface area contributed by atoms with Gasteiger partial charge in [0, 0.05) is 26.3 Å². The number of ether oxygens (including phenoxy) is 4. The molecule has 7 heteroatoms. The van der Waals surface area contributed by atoms with Crippen molar-refractivity contribution in [1.82, 2.24) is 4.98 Å². The van der Waals surface area contributed by atoms with Crippen molar-refractivity contribution >= 4 is 11.7 Å².